The van der Waals surface area contributed by atoms with E-state index in [9.17, 15) is 9.59 Å². The van der Waals surface area contributed by atoms with Crippen molar-refractivity contribution in [2.45, 2.75) is 60.5 Å². The molecule has 0 saturated carbocycles. The van der Waals surface area contributed by atoms with E-state index in [2.05, 4.69) is 0 Å². The van der Waals surface area contributed by atoms with Gasteiger partial charge in [-0.05, 0) is 41.5 Å². The van der Waals surface area contributed by atoms with Crippen molar-refractivity contribution in [1.82, 2.24) is 0 Å². The van der Waals surface area contributed by atoms with Gasteiger partial charge in [-0.25, -0.2) is 0 Å². The molecule has 0 aromatic heterocycles. The highest BCUT2D eigenvalue weighted by Gasteiger charge is 1.97. The summed E-state index contributed by atoms with van der Waals surface area (Å²) in [5.41, 5.74) is -0.500. The maximum atomic E-state index is 9.81. The molecule has 0 fully saturated rings. The van der Waals surface area contributed by atoms with Gasteiger partial charge in [0, 0.05) is 6.42 Å². The predicted octanol–water partition coefficient (Wildman–Crippen LogP) is 2.36. The van der Waals surface area contributed by atoms with Crippen molar-refractivity contribution in [3.8, 4) is 0 Å². The van der Waals surface area contributed by atoms with E-state index in [0.717, 1.165) is 0 Å². The van der Waals surface area contributed by atoms with Gasteiger partial charge in [0.05, 0.1) is 5.60 Å². The number of carbonyl (C=O) groups is 2. The average molecular weight is 204 g/mol. The summed E-state index contributed by atoms with van der Waals surface area (Å²) in [7, 11) is 0. The highest BCUT2D eigenvalue weighted by atomic mass is 16.3. The van der Waals surface area contributed by atoms with Crippen molar-refractivity contribution in [2.75, 3.05) is 0 Å². The second-order valence-corrected chi connectivity index (χ2v) is 4.13. The summed E-state index contributed by atoms with van der Waals surface area (Å²) in [5, 5.41) is 8.52. The Morgan fingerprint density at radius 2 is 1.14 bits per heavy atom. The van der Waals surface area contributed by atoms with E-state index in [1.807, 2.05) is 6.92 Å². The van der Waals surface area contributed by atoms with Crippen molar-refractivity contribution >= 4 is 11.6 Å². The number of ketones is 2. The molecule has 0 unspecified atom stereocenters. The standard InChI is InChI=1S/C4H10O.C4H8O.C3H6O/c1-4(2,3)5;1-3-4(2)5;1-3(2)4/h5H,1-3H3;3H2,1-2H3;1-2H3. The maximum Gasteiger partial charge on any atom is 0.129 e. The molecule has 0 saturated heterocycles. The summed E-state index contributed by atoms with van der Waals surface area (Å²) < 4.78 is 0. The van der Waals surface area contributed by atoms with Gasteiger partial charge < -0.3 is 14.7 Å². The molecular formula is C11H24O3. The number of aliphatic hydroxyl groups is 1. The number of hydrogen-bond acceptors (Lipinski definition) is 3. The lowest BCUT2D eigenvalue weighted by Gasteiger charge is -2.04. The molecule has 0 aromatic rings. The van der Waals surface area contributed by atoms with Crippen LogP contribution in [0.3, 0.4) is 0 Å². The lowest BCUT2D eigenvalue weighted by molar-refractivity contribution is -0.117. The summed E-state index contributed by atoms with van der Waals surface area (Å²) in [4.78, 5) is 19.3. The molecule has 0 aromatic carbocycles. The van der Waals surface area contributed by atoms with Crippen LogP contribution in [0.15, 0.2) is 0 Å². The smallest absolute Gasteiger partial charge is 0.129 e. The minimum Gasteiger partial charge on any atom is -0.391 e. The third-order valence-corrected chi connectivity index (χ3v) is 0.498. The van der Waals surface area contributed by atoms with E-state index in [-0.39, 0.29) is 11.6 Å². The molecule has 3 nitrogen and oxygen atoms in total. The van der Waals surface area contributed by atoms with Crippen LogP contribution in [0.1, 0.15) is 54.9 Å². The van der Waals surface area contributed by atoms with E-state index >= 15 is 0 Å². The molecule has 0 spiro atoms. The first-order chi connectivity index (χ1) is 6.00. The van der Waals surface area contributed by atoms with Gasteiger partial charge in [-0.15, -0.1) is 0 Å². The van der Waals surface area contributed by atoms with Gasteiger partial charge in [-0.2, -0.15) is 0 Å². The largest absolute Gasteiger partial charge is 0.391 e. The van der Waals surface area contributed by atoms with Gasteiger partial charge in [0.2, 0.25) is 0 Å². The molecule has 0 aliphatic rings. The Bertz CT molecular complexity index is 144. The zero-order chi connectivity index (χ0) is 12.4. The summed E-state index contributed by atoms with van der Waals surface area (Å²) in [6.45, 7) is 11.7. The van der Waals surface area contributed by atoms with Crippen LogP contribution in [0, 0.1) is 0 Å². The zero-order valence-electron chi connectivity index (χ0n) is 10.5. The summed E-state index contributed by atoms with van der Waals surface area (Å²) in [5.74, 6) is 0.421. The number of Topliss-reactive ketones (excluding diaryl/α,β-unsaturated/α-hetero) is 2. The average Bonchev–Trinajstić information content (AvgIpc) is 1.82. The molecule has 0 rings (SSSR count). The Labute approximate surface area is 87.5 Å². The molecule has 0 heterocycles. The molecule has 0 aliphatic carbocycles. The first-order valence-corrected chi connectivity index (χ1v) is 4.69. The predicted molar refractivity (Wildman–Crippen MR) is 59.3 cm³/mol. The van der Waals surface area contributed by atoms with E-state index in [4.69, 9.17) is 5.11 Å². The van der Waals surface area contributed by atoms with Crippen LogP contribution in [-0.2, 0) is 9.59 Å². The topological polar surface area (TPSA) is 54.4 Å². The Kier molecular flexibility index (Phi) is 14.1. The van der Waals surface area contributed by atoms with E-state index < -0.39 is 5.60 Å². The normalized spacial score (nSPS) is 8.86. The second kappa shape index (κ2) is 10.4. The molecule has 86 valence electrons. The molecule has 14 heavy (non-hydrogen) atoms. The quantitative estimate of drug-likeness (QED) is 0.713. The van der Waals surface area contributed by atoms with Crippen molar-refractivity contribution in [3.63, 3.8) is 0 Å². The maximum absolute atomic E-state index is 9.81. The van der Waals surface area contributed by atoms with Crippen LogP contribution < -0.4 is 0 Å². The number of hydrogen-bond donors (Lipinski definition) is 1. The van der Waals surface area contributed by atoms with Crippen molar-refractivity contribution in [1.29, 1.82) is 0 Å². The van der Waals surface area contributed by atoms with Crippen molar-refractivity contribution in [2.24, 2.45) is 0 Å². The number of rotatable bonds is 1. The van der Waals surface area contributed by atoms with Crippen LogP contribution in [0.4, 0.5) is 0 Å². The first-order valence-electron chi connectivity index (χ1n) is 4.69. The van der Waals surface area contributed by atoms with Crippen LogP contribution >= 0.6 is 0 Å². The van der Waals surface area contributed by atoms with Gasteiger partial charge in [0.1, 0.15) is 11.6 Å². The van der Waals surface area contributed by atoms with Crippen LogP contribution in [0.25, 0.3) is 0 Å². The highest BCUT2D eigenvalue weighted by Crippen LogP contribution is 1.93. The van der Waals surface area contributed by atoms with E-state index in [1.165, 1.54) is 13.8 Å². The van der Waals surface area contributed by atoms with Crippen molar-refractivity contribution < 1.29 is 14.7 Å². The first kappa shape index (κ1) is 19.0. The molecule has 3 heteroatoms. The lowest BCUT2D eigenvalue weighted by Crippen LogP contribution is -2.10. The van der Waals surface area contributed by atoms with Gasteiger partial charge in [-0.1, -0.05) is 6.92 Å². The van der Waals surface area contributed by atoms with E-state index in [0.29, 0.717) is 6.42 Å². The fourth-order valence-electron chi connectivity index (χ4n) is 0. The minimum atomic E-state index is -0.500. The Balaban J connectivity index is -0.000000131. The second-order valence-electron chi connectivity index (χ2n) is 4.13. The van der Waals surface area contributed by atoms with Gasteiger partial charge in [0.15, 0.2) is 0 Å². The van der Waals surface area contributed by atoms with Crippen LogP contribution in [0.2, 0.25) is 0 Å². The third-order valence-electron chi connectivity index (χ3n) is 0.498. The van der Waals surface area contributed by atoms with E-state index in [1.54, 1.807) is 27.7 Å². The van der Waals surface area contributed by atoms with Crippen molar-refractivity contribution in [3.05, 3.63) is 0 Å². The highest BCUT2D eigenvalue weighted by molar-refractivity contribution is 5.74. The molecule has 0 bridgehead atoms. The molecule has 0 aliphatic heterocycles. The SMILES string of the molecule is CC(C)(C)O.CC(C)=O.CCC(C)=O. The Hall–Kier alpha value is -0.700. The van der Waals surface area contributed by atoms with Crippen LogP contribution in [-0.4, -0.2) is 22.3 Å². The lowest BCUT2D eigenvalue weighted by atomic mass is 10.2. The summed E-state index contributed by atoms with van der Waals surface area (Å²) in [6, 6.07) is 0. The van der Waals surface area contributed by atoms with Crippen LogP contribution in [0.5, 0.6) is 0 Å². The van der Waals surface area contributed by atoms with Gasteiger partial charge in [0.25, 0.3) is 0 Å². The number of carbonyl (C=O) groups excluding carboxylic acids is 2. The Morgan fingerprint density at radius 3 is 1.14 bits per heavy atom. The van der Waals surface area contributed by atoms with Gasteiger partial charge in [-0.3, -0.25) is 0 Å². The summed E-state index contributed by atoms with van der Waals surface area (Å²) >= 11 is 0. The monoisotopic (exact) mass is 204 g/mol. The fourth-order valence-corrected chi connectivity index (χ4v) is 0. The fraction of sp³-hybridized carbons (Fsp3) is 0.818. The Morgan fingerprint density at radius 1 is 1.07 bits per heavy atom. The van der Waals surface area contributed by atoms with Gasteiger partial charge >= 0.3 is 0 Å². The molecular weight excluding hydrogens is 180 g/mol. The molecule has 0 atom stereocenters. The molecule has 0 amide bonds. The minimum absolute atomic E-state index is 0.167. The molecule has 0 radical (unpaired) electrons. The molecule has 1 N–H and O–H groups in total. The third kappa shape index (κ3) is 709. The zero-order valence-corrected chi connectivity index (χ0v) is 10.5. The summed E-state index contributed by atoms with van der Waals surface area (Å²) in [6.07, 6.45) is 0.667.